The second-order valence-electron chi connectivity index (χ2n) is 10.7. The molecule has 5 N–H and O–H groups in total. The number of alkyl halides is 1. The molecular formula is C31H35FN7O5P. The number of fused-ring (bicyclic) bond motifs is 1. The van der Waals surface area contributed by atoms with E-state index in [-0.39, 0.29) is 24.7 Å². The molecule has 2 aromatic carbocycles. The summed E-state index contributed by atoms with van der Waals surface area (Å²) in [6.07, 6.45) is -1.69. The maximum atomic E-state index is 16.4. The highest BCUT2D eigenvalue weighted by Crippen LogP contribution is 2.51. The van der Waals surface area contributed by atoms with Crippen molar-refractivity contribution in [3.8, 4) is 6.07 Å². The van der Waals surface area contributed by atoms with E-state index in [1.807, 2.05) is 55.6 Å². The highest BCUT2D eigenvalue weighted by Gasteiger charge is 2.67. The molecule has 0 saturated carbocycles. The van der Waals surface area contributed by atoms with E-state index in [2.05, 4.69) is 27.1 Å². The normalized spacial score (nSPS) is 24.2. The minimum atomic E-state index is -4.07. The van der Waals surface area contributed by atoms with Crippen LogP contribution in [0.2, 0.25) is 0 Å². The van der Waals surface area contributed by atoms with Gasteiger partial charge in [-0.15, -0.1) is 0 Å². The second kappa shape index (κ2) is 13.1. The molecule has 1 fully saturated rings. The van der Waals surface area contributed by atoms with Crippen LogP contribution in [-0.2, 0) is 30.6 Å². The Balaban J connectivity index is 1.34. The van der Waals surface area contributed by atoms with Crippen molar-refractivity contribution in [2.75, 3.05) is 31.2 Å². The Kier molecular flexibility index (Phi) is 9.36. The number of halogens is 1. The predicted octanol–water partition coefficient (Wildman–Crippen LogP) is 4.59. The number of ether oxygens (including phenoxy) is 1. The Bertz CT molecular complexity index is 1760. The lowest BCUT2D eigenvalue weighted by Gasteiger charge is -2.30. The maximum Gasteiger partial charge on any atom is 0.405 e. The molecule has 3 heterocycles. The summed E-state index contributed by atoms with van der Waals surface area (Å²) in [6.45, 7) is 4.77. The van der Waals surface area contributed by atoms with E-state index in [4.69, 9.17) is 19.5 Å². The lowest BCUT2D eigenvalue weighted by atomic mass is 9.82. The zero-order chi connectivity index (χ0) is 32.2. The average molecular weight is 636 g/mol. The lowest BCUT2D eigenvalue weighted by molar-refractivity contribution is -0.0707. The number of anilines is 2. The molecule has 14 heteroatoms. The summed E-state index contributed by atoms with van der Waals surface area (Å²) in [5.74, 6) is 0.114. The van der Waals surface area contributed by atoms with Crippen LogP contribution in [0.3, 0.4) is 0 Å². The van der Waals surface area contributed by atoms with Gasteiger partial charge in [0.2, 0.25) is 5.60 Å². The third-order valence-electron chi connectivity index (χ3n) is 7.89. The highest BCUT2D eigenvalue weighted by atomic mass is 31.2. The number of aromatic nitrogens is 3. The lowest BCUT2D eigenvalue weighted by Crippen LogP contribution is -2.48. The summed E-state index contributed by atoms with van der Waals surface area (Å²) in [5.41, 5.74) is 4.65. The minimum Gasteiger partial charge on any atom is -0.388 e. The fraction of sp³-hybridized carbons (Fsp3) is 0.323. The number of hydrogen-bond donors (Lipinski definition) is 4. The number of aliphatic hydroxyl groups is 1. The standard InChI is InChI=1S/C31H35FN7O5P/c1-21(23-11-7-8-12-24(23)35-3)15-16-38-45(41,42-17-22-9-5-4-6-10-22)43-18-26-28(40)30(2,32)31(19-33,44-26)27-14-13-25-29(34)36-20-37-39(25)27/h4-14,20,26,28,35,40H,1,15-18H2,2-3H3,(H,38,41)(H2,34,36,37)/t26-,28-,30-,31+,45?/m1/s1. The Morgan fingerprint density at radius 3 is 2.69 bits per heavy atom. The van der Waals surface area contributed by atoms with Crippen molar-refractivity contribution in [1.29, 1.82) is 5.26 Å². The van der Waals surface area contributed by atoms with Crippen LogP contribution in [0.4, 0.5) is 15.9 Å². The number of nitriles is 1. The van der Waals surface area contributed by atoms with Crippen molar-refractivity contribution in [3.63, 3.8) is 0 Å². The van der Waals surface area contributed by atoms with E-state index in [1.54, 1.807) is 12.1 Å². The molecule has 4 aromatic rings. The van der Waals surface area contributed by atoms with Gasteiger partial charge in [-0.2, -0.15) is 10.4 Å². The number of para-hydroxylation sites is 1. The van der Waals surface area contributed by atoms with Gasteiger partial charge >= 0.3 is 7.75 Å². The van der Waals surface area contributed by atoms with Crippen LogP contribution in [0.25, 0.3) is 11.1 Å². The van der Waals surface area contributed by atoms with Crippen LogP contribution in [0, 0.1) is 11.3 Å². The Labute approximate surface area is 260 Å². The first-order valence-electron chi connectivity index (χ1n) is 14.2. The van der Waals surface area contributed by atoms with E-state index in [1.165, 1.54) is 16.6 Å². The fourth-order valence-electron chi connectivity index (χ4n) is 5.33. The molecule has 0 spiro atoms. The van der Waals surface area contributed by atoms with Gasteiger partial charge in [0.05, 0.1) is 18.9 Å². The van der Waals surface area contributed by atoms with Crippen LogP contribution in [0.5, 0.6) is 0 Å². The highest BCUT2D eigenvalue weighted by molar-refractivity contribution is 7.51. The van der Waals surface area contributed by atoms with E-state index in [0.29, 0.717) is 11.9 Å². The van der Waals surface area contributed by atoms with Crippen molar-refractivity contribution >= 4 is 30.3 Å². The molecule has 2 aromatic heterocycles. The van der Waals surface area contributed by atoms with E-state index >= 15 is 4.39 Å². The zero-order valence-corrected chi connectivity index (χ0v) is 25.8. The number of benzene rings is 2. The van der Waals surface area contributed by atoms with Crippen molar-refractivity contribution in [3.05, 3.63) is 96.5 Å². The zero-order valence-electron chi connectivity index (χ0n) is 24.9. The number of rotatable bonds is 13. The van der Waals surface area contributed by atoms with Crippen LogP contribution in [0.15, 0.2) is 79.6 Å². The number of nitrogens with two attached hydrogens (primary N) is 1. The summed E-state index contributed by atoms with van der Waals surface area (Å²) < 4.78 is 49.1. The van der Waals surface area contributed by atoms with E-state index < -0.39 is 37.8 Å². The molecule has 1 saturated heterocycles. The van der Waals surface area contributed by atoms with Gasteiger partial charge in [0.25, 0.3) is 0 Å². The summed E-state index contributed by atoms with van der Waals surface area (Å²) >= 11 is 0. The number of nitrogen functional groups attached to an aromatic ring is 1. The van der Waals surface area contributed by atoms with Gasteiger partial charge in [-0.1, -0.05) is 55.1 Å². The largest absolute Gasteiger partial charge is 0.405 e. The van der Waals surface area contributed by atoms with E-state index in [9.17, 15) is 14.9 Å². The van der Waals surface area contributed by atoms with Crippen molar-refractivity contribution in [1.82, 2.24) is 19.7 Å². The first kappa shape index (κ1) is 32.2. The average Bonchev–Trinajstić information content (AvgIpc) is 3.57. The molecule has 0 bridgehead atoms. The van der Waals surface area contributed by atoms with Gasteiger partial charge < -0.3 is 20.9 Å². The molecule has 5 rings (SSSR count). The molecule has 0 aliphatic carbocycles. The predicted molar refractivity (Wildman–Crippen MR) is 168 cm³/mol. The van der Waals surface area contributed by atoms with Gasteiger partial charge in [0.1, 0.15) is 30.1 Å². The smallest absolute Gasteiger partial charge is 0.388 e. The number of aliphatic hydroxyl groups excluding tert-OH is 1. The van der Waals surface area contributed by atoms with Gasteiger partial charge in [0, 0.05) is 24.8 Å². The van der Waals surface area contributed by atoms with Gasteiger partial charge in [0.15, 0.2) is 11.5 Å². The Morgan fingerprint density at radius 2 is 1.96 bits per heavy atom. The monoisotopic (exact) mass is 635 g/mol. The summed E-state index contributed by atoms with van der Waals surface area (Å²) in [7, 11) is -2.26. The summed E-state index contributed by atoms with van der Waals surface area (Å²) in [5, 5.41) is 31.4. The molecular weight excluding hydrogens is 600 g/mol. The van der Waals surface area contributed by atoms with Gasteiger partial charge in [-0.3, -0.25) is 9.05 Å². The Hall–Kier alpha value is -4.15. The molecule has 45 heavy (non-hydrogen) atoms. The third kappa shape index (κ3) is 6.21. The van der Waals surface area contributed by atoms with Crippen molar-refractivity contribution in [2.45, 2.75) is 43.4 Å². The van der Waals surface area contributed by atoms with Crippen LogP contribution < -0.4 is 16.1 Å². The summed E-state index contributed by atoms with van der Waals surface area (Å²) in [6, 6.07) is 21.6. The molecule has 0 amide bonds. The Morgan fingerprint density at radius 1 is 1.22 bits per heavy atom. The topological polar surface area (TPSA) is 169 Å². The minimum absolute atomic E-state index is 0.00245. The first-order valence-corrected chi connectivity index (χ1v) is 15.8. The van der Waals surface area contributed by atoms with Gasteiger partial charge in [-0.25, -0.2) is 23.5 Å². The van der Waals surface area contributed by atoms with Crippen LogP contribution >= 0.6 is 7.75 Å². The molecule has 12 nitrogen and oxygen atoms in total. The van der Waals surface area contributed by atoms with Crippen LogP contribution in [-0.4, -0.2) is 57.8 Å². The van der Waals surface area contributed by atoms with Crippen molar-refractivity contribution in [2.24, 2.45) is 0 Å². The molecule has 5 atom stereocenters. The van der Waals surface area contributed by atoms with E-state index in [0.717, 1.165) is 35.6 Å². The molecule has 236 valence electrons. The fourth-order valence-corrected chi connectivity index (χ4v) is 6.64. The first-order chi connectivity index (χ1) is 21.5. The van der Waals surface area contributed by atoms with Crippen LogP contribution in [0.1, 0.15) is 30.2 Å². The number of nitrogens with zero attached hydrogens (tertiary/aromatic N) is 4. The SMILES string of the molecule is C=C(CCNP(=O)(OCc1ccccc1)OC[C@H]1O[C@@](C#N)(c2ccc3c(N)ncnn23)[C@](C)(F)[C@@H]1O)c1ccccc1NC. The molecule has 1 aliphatic rings. The molecule has 1 aliphatic heterocycles. The summed E-state index contributed by atoms with van der Waals surface area (Å²) in [4.78, 5) is 3.92. The quantitative estimate of drug-likeness (QED) is 0.152. The molecule has 1 unspecified atom stereocenters. The number of nitrogens with one attached hydrogen (secondary N) is 2. The van der Waals surface area contributed by atoms with Crippen molar-refractivity contribution < 1.29 is 27.8 Å². The third-order valence-corrected chi connectivity index (χ3v) is 9.46. The second-order valence-corrected chi connectivity index (χ2v) is 12.6. The number of hydrogen-bond acceptors (Lipinski definition) is 10. The molecule has 0 radical (unpaired) electrons. The van der Waals surface area contributed by atoms with Gasteiger partial charge in [-0.05, 0) is 42.7 Å². The maximum absolute atomic E-state index is 16.4.